The molecule has 0 fully saturated rings. The molecule has 0 aliphatic rings. The number of anilines is 1. The van der Waals surface area contributed by atoms with Crippen molar-refractivity contribution in [3.05, 3.63) is 30.0 Å². The number of aliphatic hydroxyl groups is 1. The van der Waals surface area contributed by atoms with Crippen LogP contribution in [0.4, 0.5) is 5.69 Å². The van der Waals surface area contributed by atoms with Gasteiger partial charge in [-0.15, -0.1) is 0 Å². The van der Waals surface area contributed by atoms with Gasteiger partial charge in [0.2, 0.25) is 0 Å². The molecule has 2 aromatic rings. The number of aliphatic hydroxyl groups excluding tert-OH is 1. The predicted molar refractivity (Wildman–Crippen MR) is 63.3 cm³/mol. The molecule has 0 saturated carbocycles. The minimum atomic E-state index is -1.01. The van der Waals surface area contributed by atoms with E-state index in [-0.39, 0.29) is 0 Å². The van der Waals surface area contributed by atoms with Crippen molar-refractivity contribution in [3.8, 4) is 0 Å². The van der Waals surface area contributed by atoms with E-state index in [1.807, 2.05) is 31.2 Å². The third kappa shape index (κ3) is 1.79. The van der Waals surface area contributed by atoms with Gasteiger partial charge in [-0.3, -0.25) is 4.79 Å². The Morgan fingerprint density at radius 1 is 1.44 bits per heavy atom. The highest BCUT2D eigenvalue weighted by Crippen LogP contribution is 2.26. The Bertz CT molecular complexity index is 529. The maximum absolute atomic E-state index is 11.4. The molecule has 84 valence electrons. The van der Waals surface area contributed by atoms with Crippen LogP contribution < -0.4 is 5.32 Å². The van der Waals surface area contributed by atoms with E-state index >= 15 is 0 Å². The molecule has 0 spiro atoms. The van der Waals surface area contributed by atoms with Crippen molar-refractivity contribution in [2.24, 2.45) is 0 Å². The summed E-state index contributed by atoms with van der Waals surface area (Å²) in [4.78, 5) is 14.6. The summed E-state index contributed by atoms with van der Waals surface area (Å²) in [5, 5.41) is 12.8. The van der Waals surface area contributed by atoms with Crippen LogP contribution in [0.25, 0.3) is 10.9 Å². The molecular formula is C12H14N2O2. The molecule has 1 aromatic carbocycles. The largest absolute Gasteiger partial charge is 0.384 e. The standard InChI is InChI=1S/C12H14N2O2/c1-7-11(14-12(16)8(2)15)9-5-3-4-6-10(9)13-7/h3-6,8,13,15H,1-2H3,(H,14,16). The van der Waals surface area contributed by atoms with Crippen molar-refractivity contribution in [1.29, 1.82) is 0 Å². The number of carbonyl (C=O) groups excluding carboxylic acids is 1. The van der Waals surface area contributed by atoms with E-state index in [1.54, 1.807) is 0 Å². The number of aromatic nitrogens is 1. The molecule has 0 saturated heterocycles. The van der Waals surface area contributed by atoms with Gasteiger partial charge in [-0.25, -0.2) is 0 Å². The smallest absolute Gasteiger partial charge is 0.252 e. The number of para-hydroxylation sites is 1. The van der Waals surface area contributed by atoms with E-state index in [1.165, 1.54) is 6.92 Å². The minimum Gasteiger partial charge on any atom is -0.384 e. The maximum Gasteiger partial charge on any atom is 0.252 e. The molecule has 1 unspecified atom stereocenters. The summed E-state index contributed by atoms with van der Waals surface area (Å²) < 4.78 is 0. The van der Waals surface area contributed by atoms with Gasteiger partial charge in [0.25, 0.3) is 5.91 Å². The zero-order chi connectivity index (χ0) is 11.7. The lowest BCUT2D eigenvalue weighted by Crippen LogP contribution is -2.24. The van der Waals surface area contributed by atoms with Gasteiger partial charge >= 0.3 is 0 Å². The Labute approximate surface area is 93.3 Å². The zero-order valence-corrected chi connectivity index (χ0v) is 9.24. The van der Waals surface area contributed by atoms with E-state index in [0.717, 1.165) is 22.3 Å². The number of carbonyl (C=O) groups is 1. The van der Waals surface area contributed by atoms with Gasteiger partial charge in [0.05, 0.1) is 5.69 Å². The highest BCUT2D eigenvalue weighted by molar-refractivity contribution is 6.04. The molecule has 1 heterocycles. The van der Waals surface area contributed by atoms with Crippen LogP contribution in [0.15, 0.2) is 24.3 Å². The summed E-state index contributed by atoms with van der Waals surface area (Å²) in [5.41, 5.74) is 2.59. The first kappa shape index (κ1) is 10.7. The number of aromatic amines is 1. The van der Waals surface area contributed by atoms with Crippen molar-refractivity contribution in [3.63, 3.8) is 0 Å². The SMILES string of the molecule is Cc1[nH]c2ccccc2c1NC(=O)C(C)O. The normalized spacial score (nSPS) is 12.7. The first-order valence-corrected chi connectivity index (χ1v) is 5.16. The maximum atomic E-state index is 11.4. The van der Waals surface area contributed by atoms with Crippen LogP contribution in [-0.2, 0) is 4.79 Å². The zero-order valence-electron chi connectivity index (χ0n) is 9.24. The summed E-state index contributed by atoms with van der Waals surface area (Å²) in [7, 11) is 0. The molecule has 0 aliphatic heterocycles. The second kappa shape index (κ2) is 3.98. The summed E-state index contributed by atoms with van der Waals surface area (Å²) in [6, 6.07) is 7.71. The number of H-pyrrole nitrogens is 1. The molecule has 0 bridgehead atoms. The number of rotatable bonds is 2. The van der Waals surface area contributed by atoms with Crippen LogP contribution in [0.3, 0.4) is 0 Å². The van der Waals surface area contributed by atoms with Crippen molar-refractivity contribution in [2.75, 3.05) is 5.32 Å². The number of aryl methyl sites for hydroxylation is 1. The Morgan fingerprint density at radius 2 is 2.12 bits per heavy atom. The summed E-state index contributed by atoms with van der Waals surface area (Å²) in [6.07, 6.45) is -1.01. The van der Waals surface area contributed by atoms with Crippen LogP contribution >= 0.6 is 0 Å². The molecule has 0 aliphatic carbocycles. The molecule has 0 radical (unpaired) electrons. The molecule has 4 heteroatoms. The van der Waals surface area contributed by atoms with E-state index in [4.69, 9.17) is 5.11 Å². The lowest BCUT2D eigenvalue weighted by atomic mass is 10.2. The van der Waals surface area contributed by atoms with Gasteiger partial charge in [-0.2, -0.15) is 0 Å². The first-order valence-electron chi connectivity index (χ1n) is 5.16. The van der Waals surface area contributed by atoms with Crippen molar-refractivity contribution < 1.29 is 9.90 Å². The lowest BCUT2D eigenvalue weighted by molar-refractivity contribution is -0.123. The van der Waals surface area contributed by atoms with E-state index in [0.29, 0.717) is 0 Å². The molecule has 1 amide bonds. The van der Waals surface area contributed by atoms with Crippen LogP contribution in [0.2, 0.25) is 0 Å². The van der Waals surface area contributed by atoms with Gasteiger partial charge < -0.3 is 15.4 Å². The third-order valence-electron chi connectivity index (χ3n) is 2.52. The number of benzene rings is 1. The molecule has 1 atom stereocenters. The van der Waals surface area contributed by atoms with Crippen molar-refractivity contribution in [2.45, 2.75) is 20.0 Å². The van der Waals surface area contributed by atoms with E-state index in [2.05, 4.69) is 10.3 Å². The summed E-state index contributed by atoms with van der Waals surface area (Å²) in [6.45, 7) is 3.33. The minimum absolute atomic E-state index is 0.396. The molecule has 4 nitrogen and oxygen atoms in total. The average molecular weight is 218 g/mol. The quantitative estimate of drug-likeness (QED) is 0.719. The van der Waals surface area contributed by atoms with Crippen LogP contribution in [-0.4, -0.2) is 22.1 Å². The molecule has 3 N–H and O–H groups in total. The van der Waals surface area contributed by atoms with E-state index in [9.17, 15) is 4.79 Å². The molecule has 2 rings (SSSR count). The lowest BCUT2D eigenvalue weighted by Gasteiger charge is -2.06. The number of amides is 1. The fraction of sp³-hybridized carbons (Fsp3) is 0.250. The van der Waals surface area contributed by atoms with Crippen molar-refractivity contribution >= 4 is 22.5 Å². The first-order chi connectivity index (χ1) is 7.59. The molecule has 16 heavy (non-hydrogen) atoms. The van der Waals surface area contributed by atoms with Crippen molar-refractivity contribution in [1.82, 2.24) is 4.98 Å². The second-order valence-corrected chi connectivity index (χ2v) is 3.84. The monoisotopic (exact) mass is 218 g/mol. The third-order valence-corrected chi connectivity index (χ3v) is 2.52. The number of hydrogen-bond acceptors (Lipinski definition) is 2. The van der Waals surface area contributed by atoms with Crippen LogP contribution in [0.1, 0.15) is 12.6 Å². The number of hydrogen-bond donors (Lipinski definition) is 3. The van der Waals surface area contributed by atoms with Gasteiger partial charge in [-0.1, -0.05) is 18.2 Å². The Hall–Kier alpha value is -1.81. The highest BCUT2D eigenvalue weighted by atomic mass is 16.3. The Balaban J connectivity index is 2.44. The number of nitrogens with one attached hydrogen (secondary N) is 2. The summed E-state index contributed by atoms with van der Waals surface area (Å²) >= 11 is 0. The van der Waals surface area contributed by atoms with Gasteiger partial charge in [0, 0.05) is 16.6 Å². The van der Waals surface area contributed by atoms with Crippen LogP contribution in [0, 0.1) is 6.92 Å². The second-order valence-electron chi connectivity index (χ2n) is 3.84. The topological polar surface area (TPSA) is 65.1 Å². The Kier molecular flexibility index (Phi) is 2.66. The summed E-state index contributed by atoms with van der Waals surface area (Å²) in [5.74, 6) is -0.396. The Morgan fingerprint density at radius 3 is 2.81 bits per heavy atom. The van der Waals surface area contributed by atoms with Gasteiger partial charge in [0.15, 0.2) is 0 Å². The van der Waals surface area contributed by atoms with Gasteiger partial charge in [0.1, 0.15) is 6.10 Å². The average Bonchev–Trinajstić information content (AvgIpc) is 2.55. The van der Waals surface area contributed by atoms with Crippen LogP contribution in [0.5, 0.6) is 0 Å². The molecular weight excluding hydrogens is 204 g/mol. The number of fused-ring (bicyclic) bond motifs is 1. The van der Waals surface area contributed by atoms with E-state index < -0.39 is 12.0 Å². The highest BCUT2D eigenvalue weighted by Gasteiger charge is 2.13. The molecule has 1 aromatic heterocycles. The predicted octanol–water partition coefficient (Wildman–Crippen LogP) is 1.80. The van der Waals surface area contributed by atoms with Gasteiger partial charge in [-0.05, 0) is 19.9 Å². The fourth-order valence-corrected chi connectivity index (χ4v) is 1.67. The fourth-order valence-electron chi connectivity index (χ4n) is 1.67.